The Kier molecular flexibility index (Phi) is 4.76. The normalized spacial score (nSPS) is 23.2. The molecule has 104 valence electrons. The lowest BCUT2D eigenvalue weighted by atomic mass is 10.2. The van der Waals surface area contributed by atoms with E-state index in [1.807, 2.05) is 37.3 Å². The van der Waals surface area contributed by atoms with Crippen LogP contribution in [0.3, 0.4) is 0 Å². The van der Waals surface area contributed by atoms with Gasteiger partial charge in [-0.2, -0.15) is 0 Å². The van der Waals surface area contributed by atoms with Crippen LogP contribution in [0.5, 0.6) is 0 Å². The molecule has 0 saturated carbocycles. The van der Waals surface area contributed by atoms with Crippen molar-refractivity contribution in [1.82, 2.24) is 4.90 Å². The van der Waals surface area contributed by atoms with Gasteiger partial charge in [0.1, 0.15) is 6.61 Å². The Bertz CT molecular complexity index is 409. The minimum absolute atomic E-state index is 0.0878. The lowest BCUT2D eigenvalue weighted by Crippen LogP contribution is -2.50. The molecule has 2 rings (SSSR count). The molecule has 1 aliphatic heterocycles. The molecule has 1 N–H and O–H groups in total. The van der Waals surface area contributed by atoms with E-state index in [9.17, 15) is 4.79 Å². The molecule has 0 aliphatic carbocycles. The third kappa shape index (κ3) is 3.94. The molecule has 1 aliphatic rings. The molecule has 1 aromatic rings. The van der Waals surface area contributed by atoms with E-state index in [1.54, 1.807) is 4.90 Å². The second-order valence-electron chi connectivity index (χ2n) is 4.70. The number of benzene rings is 1. The number of carbonyl (C=O) groups excluding carboxylic acids is 1. The van der Waals surface area contributed by atoms with Gasteiger partial charge in [-0.05, 0) is 12.5 Å². The number of hydrogen-bond donors (Lipinski definition) is 1. The first kappa shape index (κ1) is 13.8. The first-order valence-electron chi connectivity index (χ1n) is 6.41. The van der Waals surface area contributed by atoms with Crippen molar-refractivity contribution in [2.75, 3.05) is 19.7 Å². The highest BCUT2D eigenvalue weighted by Crippen LogP contribution is 2.12. The zero-order chi connectivity index (χ0) is 13.7. The number of rotatable bonds is 3. The van der Waals surface area contributed by atoms with Crippen molar-refractivity contribution >= 4 is 6.09 Å². The summed E-state index contributed by atoms with van der Waals surface area (Å²) in [5, 5.41) is 9.11. The van der Waals surface area contributed by atoms with E-state index >= 15 is 0 Å². The Morgan fingerprint density at radius 2 is 2.16 bits per heavy atom. The van der Waals surface area contributed by atoms with Crippen molar-refractivity contribution in [2.24, 2.45) is 0 Å². The number of morpholine rings is 1. The molecule has 1 fully saturated rings. The highest BCUT2D eigenvalue weighted by molar-refractivity contribution is 5.67. The van der Waals surface area contributed by atoms with Gasteiger partial charge in [-0.25, -0.2) is 4.79 Å². The van der Waals surface area contributed by atoms with Crippen molar-refractivity contribution in [3.8, 4) is 0 Å². The van der Waals surface area contributed by atoms with Crippen molar-refractivity contribution < 1.29 is 19.4 Å². The predicted octanol–water partition coefficient (Wildman–Crippen LogP) is 1.40. The zero-order valence-corrected chi connectivity index (χ0v) is 11.0. The number of ether oxygens (including phenoxy) is 2. The van der Waals surface area contributed by atoms with Gasteiger partial charge < -0.3 is 19.5 Å². The predicted molar refractivity (Wildman–Crippen MR) is 69.6 cm³/mol. The van der Waals surface area contributed by atoms with E-state index in [0.29, 0.717) is 13.1 Å². The van der Waals surface area contributed by atoms with Crippen LogP contribution in [-0.2, 0) is 16.1 Å². The second-order valence-corrected chi connectivity index (χ2v) is 4.70. The Morgan fingerprint density at radius 1 is 1.42 bits per heavy atom. The summed E-state index contributed by atoms with van der Waals surface area (Å²) in [4.78, 5) is 13.5. The summed E-state index contributed by atoms with van der Waals surface area (Å²) in [6, 6.07) is 9.54. The molecule has 1 saturated heterocycles. The Balaban J connectivity index is 1.85. The highest BCUT2D eigenvalue weighted by Gasteiger charge is 2.28. The van der Waals surface area contributed by atoms with Gasteiger partial charge in [-0.3, -0.25) is 0 Å². The SMILES string of the molecule is CC1CN(C(=O)OCc2ccccc2)CC(CO)O1. The fourth-order valence-electron chi connectivity index (χ4n) is 2.11. The maximum absolute atomic E-state index is 11.9. The molecule has 1 amide bonds. The van der Waals surface area contributed by atoms with E-state index in [1.165, 1.54) is 0 Å². The highest BCUT2D eigenvalue weighted by atomic mass is 16.6. The van der Waals surface area contributed by atoms with Gasteiger partial charge in [0.25, 0.3) is 0 Å². The van der Waals surface area contributed by atoms with Gasteiger partial charge in [0, 0.05) is 0 Å². The molecule has 1 aromatic carbocycles. The number of nitrogens with zero attached hydrogens (tertiary/aromatic N) is 1. The lowest BCUT2D eigenvalue weighted by molar-refractivity contribution is -0.0905. The largest absolute Gasteiger partial charge is 0.445 e. The number of aliphatic hydroxyl groups excluding tert-OH is 1. The van der Waals surface area contributed by atoms with Crippen LogP contribution in [0.1, 0.15) is 12.5 Å². The monoisotopic (exact) mass is 265 g/mol. The van der Waals surface area contributed by atoms with Crippen LogP contribution in [0.15, 0.2) is 30.3 Å². The van der Waals surface area contributed by atoms with Crippen molar-refractivity contribution in [3.63, 3.8) is 0 Å². The van der Waals surface area contributed by atoms with Crippen LogP contribution in [-0.4, -0.2) is 48.0 Å². The van der Waals surface area contributed by atoms with Crippen molar-refractivity contribution in [1.29, 1.82) is 0 Å². The van der Waals surface area contributed by atoms with Gasteiger partial charge in [0.15, 0.2) is 0 Å². The average molecular weight is 265 g/mol. The molecule has 0 aromatic heterocycles. The van der Waals surface area contributed by atoms with Gasteiger partial charge in [0.2, 0.25) is 0 Å². The van der Waals surface area contributed by atoms with E-state index in [2.05, 4.69) is 0 Å². The standard InChI is InChI=1S/C14H19NO4/c1-11-7-15(8-13(9-16)19-11)14(17)18-10-12-5-3-2-4-6-12/h2-6,11,13,16H,7-10H2,1H3. The van der Waals surface area contributed by atoms with Gasteiger partial charge in [0.05, 0.1) is 31.9 Å². The summed E-state index contributed by atoms with van der Waals surface area (Å²) < 4.78 is 10.7. The van der Waals surface area contributed by atoms with Crippen LogP contribution < -0.4 is 0 Å². The summed E-state index contributed by atoms with van der Waals surface area (Å²) in [6.45, 7) is 2.90. The summed E-state index contributed by atoms with van der Waals surface area (Å²) >= 11 is 0. The fourth-order valence-corrected chi connectivity index (χ4v) is 2.11. The third-order valence-electron chi connectivity index (χ3n) is 2.99. The summed E-state index contributed by atoms with van der Waals surface area (Å²) in [5.41, 5.74) is 0.955. The van der Waals surface area contributed by atoms with Crippen LogP contribution in [0.4, 0.5) is 4.79 Å². The quantitative estimate of drug-likeness (QED) is 0.897. The molecule has 19 heavy (non-hydrogen) atoms. The van der Waals surface area contributed by atoms with Crippen LogP contribution >= 0.6 is 0 Å². The van der Waals surface area contributed by atoms with Crippen molar-refractivity contribution in [3.05, 3.63) is 35.9 Å². The smallest absolute Gasteiger partial charge is 0.410 e. The first-order valence-corrected chi connectivity index (χ1v) is 6.41. The minimum atomic E-state index is -0.363. The van der Waals surface area contributed by atoms with Gasteiger partial charge >= 0.3 is 6.09 Å². The molecule has 2 unspecified atom stereocenters. The number of amides is 1. The fraction of sp³-hybridized carbons (Fsp3) is 0.500. The molecule has 2 atom stereocenters. The first-order chi connectivity index (χ1) is 9.19. The van der Waals surface area contributed by atoms with E-state index in [4.69, 9.17) is 14.6 Å². The summed E-state index contributed by atoms with van der Waals surface area (Å²) in [7, 11) is 0. The van der Waals surface area contributed by atoms with E-state index < -0.39 is 0 Å². The third-order valence-corrected chi connectivity index (χ3v) is 2.99. The molecule has 1 heterocycles. The maximum Gasteiger partial charge on any atom is 0.410 e. The molecular weight excluding hydrogens is 246 g/mol. The number of carbonyl (C=O) groups is 1. The molecule has 0 radical (unpaired) electrons. The molecule has 5 nitrogen and oxygen atoms in total. The zero-order valence-electron chi connectivity index (χ0n) is 11.0. The summed E-state index contributed by atoms with van der Waals surface area (Å²) in [6.07, 6.45) is -0.777. The van der Waals surface area contributed by atoms with E-state index in [-0.39, 0.29) is 31.5 Å². The lowest BCUT2D eigenvalue weighted by Gasteiger charge is -2.35. The minimum Gasteiger partial charge on any atom is -0.445 e. The van der Waals surface area contributed by atoms with E-state index in [0.717, 1.165) is 5.56 Å². The maximum atomic E-state index is 11.9. The average Bonchev–Trinajstić information content (AvgIpc) is 2.45. The second kappa shape index (κ2) is 6.54. The Labute approximate surface area is 112 Å². The van der Waals surface area contributed by atoms with Gasteiger partial charge in [-0.1, -0.05) is 30.3 Å². The molecule has 0 bridgehead atoms. The molecule has 0 spiro atoms. The Hall–Kier alpha value is -1.59. The number of hydrogen-bond acceptors (Lipinski definition) is 4. The van der Waals surface area contributed by atoms with Crippen LogP contribution in [0.25, 0.3) is 0 Å². The molecule has 5 heteroatoms. The van der Waals surface area contributed by atoms with Crippen LogP contribution in [0, 0.1) is 0 Å². The summed E-state index contributed by atoms with van der Waals surface area (Å²) in [5.74, 6) is 0. The number of aliphatic hydroxyl groups is 1. The molecular formula is C14H19NO4. The van der Waals surface area contributed by atoms with Crippen LogP contribution in [0.2, 0.25) is 0 Å². The van der Waals surface area contributed by atoms with Crippen molar-refractivity contribution in [2.45, 2.75) is 25.7 Å². The Morgan fingerprint density at radius 3 is 2.84 bits per heavy atom. The van der Waals surface area contributed by atoms with Gasteiger partial charge in [-0.15, -0.1) is 0 Å². The topological polar surface area (TPSA) is 59.0 Å².